The number of aliphatic hydroxyl groups is 1. The molecule has 1 N–H and O–H groups in total. The van der Waals surface area contributed by atoms with Crippen molar-refractivity contribution in [2.45, 2.75) is 52.2 Å². The van der Waals surface area contributed by atoms with Gasteiger partial charge in [0.25, 0.3) is 0 Å². The van der Waals surface area contributed by atoms with Gasteiger partial charge in [0.1, 0.15) is 0 Å². The molecule has 1 aliphatic carbocycles. The molecular formula is C16H22N2O. The zero-order chi connectivity index (χ0) is 13.6. The molecule has 102 valence electrons. The van der Waals surface area contributed by atoms with Crippen molar-refractivity contribution in [2.75, 3.05) is 0 Å². The van der Waals surface area contributed by atoms with E-state index in [9.17, 15) is 5.11 Å². The van der Waals surface area contributed by atoms with Gasteiger partial charge in [-0.25, -0.2) is 4.98 Å². The zero-order valence-electron chi connectivity index (χ0n) is 11.9. The molecule has 3 nitrogen and oxygen atoms in total. The molecule has 0 bridgehead atoms. The molecule has 3 rings (SSSR count). The Balaban J connectivity index is 2.07. The molecule has 0 aliphatic heterocycles. The Hall–Kier alpha value is -1.35. The second-order valence-corrected chi connectivity index (χ2v) is 6.13. The van der Waals surface area contributed by atoms with E-state index in [1.807, 2.05) is 6.33 Å². The van der Waals surface area contributed by atoms with Crippen LogP contribution in [0.3, 0.4) is 0 Å². The van der Waals surface area contributed by atoms with Gasteiger partial charge in [0.2, 0.25) is 0 Å². The van der Waals surface area contributed by atoms with Gasteiger partial charge in [-0.1, -0.05) is 6.92 Å². The third kappa shape index (κ3) is 2.16. The fourth-order valence-electron chi connectivity index (χ4n) is 3.18. The monoisotopic (exact) mass is 258 g/mol. The minimum Gasteiger partial charge on any atom is -0.391 e. The van der Waals surface area contributed by atoms with E-state index < -0.39 is 0 Å². The van der Waals surface area contributed by atoms with Crippen LogP contribution in [0.15, 0.2) is 18.5 Å². The summed E-state index contributed by atoms with van der Waals surface area (Å²) >= 11 is 0. The van der Waals surface area contributed by atoms with E-state index in [2.05, 4.69) is 42.5 Å². The molecule has 3 heteroatoms. The molecule has 1 aromatic carbocycles. The molecule has 3 unspecified atom stereocenters. The molecule has 1 aliphatic rings. The normalized spacial score (nSPS) is 27.9. The van der Waals surface area contributed by atoms with Crippen LogP contribution < -0.4 is 0 Å². The van der Waals surface area contributed by atoms with Crippen molar-refractivity contribution in [3.05, 3.63) is 29.6 Å². The molecule has 1 saturated carbocycles. The smallest absolute Gasteiger partial charge is 0.0961 e. The van der Waals surface area contributed by atoms with Crippen LogP contribution in [0.1, 0.15) is 43.4 Å². The van der Waals surface area contributed by atoms with Crippen LogP contribution in [0.2, 0.25) is 0 Å². The first-order valence-corrected chi connectivity index (χ1v) is 7.18. The Bertz CT molecular complexity index is 602. The van der Waals surface area contributed by atoms with Gasteiger partial charge in [0, 0.05) is 0 Å². The number of benzene rings is 1. The first kappa shape index (κ1) is 12.7. The molecule has 1 aromatic heterocycles. The van der Waals surface area contributed by atoms with Crippen molar-refractivity contribution in [1.82, 2.24) is 9.55 Å². The van der Waals surface area contributed by atoms with Crippen molar-refractivity contribution in [3.63, 3.8) is 0 Å². The molecule has 0 spiro atoms. The summed E-state index contributed by atoms with van der Waals surface area (Å²) in [5.74, 6) is 0.678. The second-order valence-electron chi connectivity index (χ2n) is 6.13. The minimum atomic E-state index is -0.241. The zero-order valence-corrected chi connectivity index (χ0v) is 11.9. The minimum absolute atomic E-state index is 0.177. The Morgan fingerprint density at radius 1 is 1.21 bits per heavy atom. The van der Waals surface area contributed by atoms with Gasteiger partial charge < -0.3 is 9.67 Å². The summed E-state index contributed by atoms with van der Waals surface area (Å²) in [4.78, 5) is 4.51. The summed E-state index contributed by atoms with van der Waals surface area (Å²) in [6.07, 6.45) is 4.73. The van der Waals surface area contributed by atoms with E-state index in [0.717, 1.165) is 30.3 Å². The second kappa shape index (κ2) is 4.64. The van der Waals surface area contributed by atoms with Crippen molar-refractivity contribution in [3.8, 4) is 0 Å². The average Bonchev–Trinajstić information content (AvgIpc) is 2.76. The maximum absolute atomic E-state index is 10.3. The lowest BCUT2D eigenvalue weighted by Gasteiger charge is -2.32. The van der Waals surface area contributed by atoms with E-state index in [0.29, 0.717) is 5.92 Å². The maximum atomic E-state index is 10.3. The third-order valence-corrected chi connectivity index (χ3v) is 4.59. The molecule has 3 atom stereocenters. The molecule has 2 aromatic rings. The van der Waals surface area contributed by atoms with Crippen molar-refractivity contribution < 1.29 is 5.11 Å². The Kier molecular flexibility index (Phi) is 3.09. The standard InChI is InChI=1S/C16H22N2O/c1-10-4-5-16(19)15(6-10)18-9-17-13-7-11(2)12(3)8-14(13)18/h7-10,15-16,19H,4-6H2,1-3H3. The maximum Gasteiger partial charge on any atom is 0.0961 e. The van der Waals surface area contributed by atoms with E-state index >= 15 is 0 Å². The lowest BCUT2D eigenvalue weighted by atomic mass is 9.85. The summed E-state index contributed by atoms with van der Waals surface area (Å²) < 4.78 is 2.18. The van der Waals surface area contributed by atoms with Gasteiger partial charge in [-0.15, -0.1) is 0 Å². The van der Waals surface area contributed by atoms with Crippen LogP contribution in [0, 0.1) is 19.8 Å². The first-order valence-electron chi connectivity index (χ1n) is 7.18. The topological polar surface area (TPSA) is 38.0 Å². The van der Waals surface area contributed by atoms with Crippen molar-refractivity contribution in [1.29, 1.82) is 0 Å². The summed E-state index contributed by atoms with van der Waals surface area (Å²) in [7, 11) is 0. The van der Waals surface area contributed by atoms with Crippen molar-refractivity contribution >= 4 is 11.0 Å². The predicted molar refractivity (Wildman–Crippen MR) is 77.3 cm³/mol. The number of fused-ring (bicyclic) bond motifs is 1. The quantitative estimate of drug-likeness (QED) is 0.851. The summed E-state index contributed by atoms with van der Waals surface area (Å²) in [6.45, 7) is 6.52. The highest BCUT2D eigenvalue weighted by atomic mass is 16.3. The molecule has 0 radical (unpaired) electrons. The number of aryl methyl sites for hydroxylation is 2. The first-order chi connectivity index (χ1) is 9.06. The third-order valence-electron chi connectivity index (χ3n) is 4.59. The van der Waals surface area contributed by atoms with E-state index in [1.54, 1.807) is 0 Å². The summed E-state index contributed by atoms with van der Waals surface area (Å²) in [5, 5.41) is 10.3. The van der Waals surface area contributed by atoms with E-state index in [4.69, 9.17) is 0 Å². The van der Waals surface area contributed by atoms with Crippen LogP contribution in [0.25, 0.3) is 11.0 Å². The highest BCUT2D eigenvalue weighted by molar-refractivity contribution is 5.77. The highest BCUT2D eigenvalue weighted by Crippen LogP contribution is 2.34. The Labute approximate surface area is 114 Å². The van der Waals surface area contributed by atoms with Gasteiger partial charge in [0.05, 0.1) is 29.5 Å². The Morgan fingerprint density at radius 2 is 1.95 bits per heavy atom. The largest absolute Gasteiger partial charge is 0.391 e. The van der Waals surface area contributed by atoms with Crippen LogP contribution in [-0.4, -0.2) is 20.8 Å². The predicted octanol–water partition coefficient (Wildman–Crippen LogP) is 3.38. The van der Waals surface area contributed by atoms with E-state index in [1.165, 1.54) is 11.1 Å². The molecule has 1 fully saturated rings. The summed E-state index contributed by atoms with van der Waals surface area (Å²) in [5.41, 5.74) is 4.75. The molecule has 0 saturated heterocycles. The number of aromatic nitrogens is 2. The number of rotatable bonds is 1. The number of nitrogens with zero attached hydrogens (tertiary/aromatic N) is 2. The van der Waals surface area contributed by atoms with Gasteiger partial charge in [-0.05, 0) is 62.3 Å². The fourth-order valence-corrected chi connectivity index (χ4v) is 3.18. The van der Waals surface area contributed by atoms with Gasteiger partial charge in [-0.2, -0.15) is 0 Å². The number of hydrogen-bond acceptors (Lipinski definition) is 2. The van der Waals surface area contributed by atoms with Gasteiger partial charge in [-0.3, -0.25) is 0 Å². The molecular weight excluding hydrogens is 236 g/mol. The van der Waals surface area contributed by atoms with Crippen molar-refractivity contribution in [2.24, 2.45) is 5.92 Å². The lowest BCUT2D eigenvalue weighted by Crippen LogP contribution is -2.30. The van der Waals surface area contributed by atoms with E-state index in [-0.39, 0.29) is 12.1 Å². The highest BCUT2D eigenvalue weighted by Gasteiger charge is 2.29. The lowest BCUT2D eigenvalue weighted by molar-refractivity contribution is 0.0595. The summed E-state index contributed by atoms with van der Waals surface area (Å²) in [6, 6.07) is 4.51. The number of imidazole rings is 1. The average molecular weight is 258 g/mol. The molecule has 19 heavy (non-hydrogen) atoms. The van der Waals surface area contributed by atoms with Gasteiger partial charge in [0.15, 0.2) is 0 Å². The SMILES string of the molecule is Cc1cc2ncn(C3CC(C)CCC3O)c2cc1C. The van der Waals surface area contributed by atoms with Crippen LogP contribution >= 0.6 is 0 Å². The van der Waals surface area contributed by atoms with Gasteiger partial charge >= 0.3 is 0 Å². The molecule has 1 heterocycles. The fraction of sp³-hybridized carbons (Fsp3) is 0.562. The number of hydrogen-bond donors (Lipinski definition) is 1. The Morgan fingerprint density at radius 3 is 2.74 bits per heavy atom. The van der Waals surface area contributed by atoms with Crippen LogP contribution in [-0.2, 0) is 0 Å². The van der Waals surface area contributed by atoms with Crippen LogP contribution in [0.5, 0.6) is 0 Å². The van der Waals surface area contributed by atoms with Crippen LogP contribution in [0.4, 0.5) is 0 Å². The molecule has 0 amide bonds. The number of aliphatic hydroxyl groups excluding tert-OH is 1.